The Hall–Kier alpha value is -6.01. The van der Waals surface area contributed by atoms with Crippen molar-refractivity contribution in [2.45, 2.75) is 82.1 Å². The van der Waals surface area contributed by atoms with Crippen molar-refractivity contribution in [2.75, 3.05) is 6.61 Å². The van der Waals surface area contributed by atoms with E-state index in [1.54, 1.807) is 0 Å². The molecule has 0 unspecified atom stereocenters. The molecule has 6 nitrogen and oxygen atoms in total. The number of hydrogen-bond donors (Lipinski definition) is 3. The average molecular weight is 754 g/mol. The van der Waals surface area contributed by atoms with Crippen LogP contribution < -0.4 is 9.84 Å². The molecule has 0 aromatic heterocycles. The van der Waals surface area contributed by atoms with Gasteiger partial charge in [-0.3, -0.25) is 0 Å². The van der Waals surface area contributed by atoms with E-state index in [2.05, 4.69) is 0 Å². The highest BCUT2D eigenvalue weighted by molar-refractivity contribution is 5.72. The second kappa shape index (κ2) is 20.1. The number of aromatic hydroxyl groups is 2. The first-order valence-corrected chi connectivity index (χ1v) is 18.7. The molecule has 294 valence electrons. The van der Waals surface area contributed by atoms with Crippen LogP contribution in [0.15, 0.2) is 109 Å². The van der Waals surface area contributed by atoms with Crippen LogP contribution in [0.1, 0.15) is 98.2 Å². The summed E-state index contributed by atoms with van der Waals surface area (Å²) in [6.45, 7) is 11.4. The molecule has 1 aliphatic carbocycles. The second-order valence-electron chi connectivity index (χ2n) is 13.2. The van der Waals surface area contributed by atoms with Gasteiger partial charge in [-0.05, 0) is 81.6 Å². The predicted octanol–water partition coefficient (Wildman–Crippen LogP) is 11.6. The zero-order valence-corrected chi connectivity index (χ0v) is 32.0. The number of fused-ring (bicyclic) bond motifs is 8. The highest BCUT2D eigenvalue weighted by Gasteiger charge is 2.22. The van der Waals surface area contributed by atoms with Crippen molar-refractivity contribution >= 4 is 5.97 Å². The van der Waals surface area contributed by atoms with Gasteiger partial charge in [0.1, 0.15) is 17.2 Å². The van der Waals surface area contributed by atoms with E-state index in [0.717, 1.165) is 33.4 Å². The van der Waals surface area contributed by atoms with Crippen molar-refractivity contribution in [3.63, 3.8) is 0 Å². The third-order valence-corrected chi connectivity index (χ3v) is 9.39. The summed E-state index contributed by atoms with van der Waals surface area (Å²) >= 11 is 0. The number of carboxylic acids is 1. The van der Waals surface area contributed by atoms with Gasteiger partial charge in [-0.25, -0.2) is 4.79 Å². The maximum absolute atomic E-state index is 14.2. The number of hydrogen-bond acceptors (Lipinski definition) is 5. The van der Waals surface area contributed by atoms with Gasteiger partial charge in [-0.15, -0.1) is 5.75 Å². The zero-order chi connectivity index (χ0) is 38.9. The van der Waals surface area contributed by atoms with E-state index in [-0.39, 0.29) is 57.8 Å². The van der Waals surface area contributed by atoms with Crippen molar-refractivity contribution in [3.8, 4) is 45.3 Å². The summed E-state index contributed by atoms with van der Waals surface area (Å²) in [6, 6.07) is 35.2. The maximum Gasteiger partial charge on any atom is 0.341 e. The minimum atomic E-state index is -1.11. The van der Waals surface area contributed by atoms with E-state index >= 15 is 0 Å². The SMILES string of the molecule is C.C.CC.CC.Cc1cc2c(O)c(c1)Cc1cc(-c3ccccc3)cc(c1OCC(=O)O)Cc1cc(C)cc(c1O)Cc1cc(-c3ccccc3)cc(c1[O-])C2. The molecular formula is C50H57O6-. The first-order chi connectivity index (χ1) is 26.1. The van der Waals surface area contributed by atoms with Gasteiger partial charge in [0.25, 0.3) is 0 Å². The van der Waals surface area contributed by atoms with Crippen molar-refractivity contribution in [2.24, 2.45) is 0 Å². The molecule has 0 atom stereocenters. The predicted molar refractivity (Wildman–Crippen MR) is 229 cm³/mol. The fourth-order valence-electron chi connectivity index (χ4n) is 7.18. The second-order valence-corrected chi connectivity index (χ2v) is 13.2. The molecule has 0 aliphatic heterocycles. The number of ether oxygens (including phenoxy) is 1. The fraction of sp³-hybridized carbons (Fsp3) is 0.260. The van der Waals surface area contributed by atoms with Crippen LogP contribution in [0.2, 0.25) is 0 Å². The van der Waals surface area contributed by atoms with Gasteiger partial charge in [0.15, 0.2) is 6.61 Å². The number of phenolic OH excluding ortho intramolecular Hbond substituents is 2. The molecule has 0 spiro atoms. The molecule has 0 amide bonds. The molecule has 0 saturated carbocycles. The van der Waals surface area contributed by atoms with Crippen LogP contribution in [-0.4, -0.2) is 27.9 Å². The highest BCUT2D eigenvalue weighted by atomic mass is 16.5. The Kier molecular flexibility index (Phi) is 15.9. The topological polar surface area (TPSA) is 110 Å². The lowest BCUT2D eigenvalue weighted by Crippen LogP contribution is -2.13. The summed E-state index contributed by atoms with van der Waals surface area (Å²) in [5, 5.41) is 47.5. The molecular weight excluding hydrogens is 697 g/mol. The number of aliphatic carboxylic acids is 1. The monoisotopic (exact) mass is 753 g/mol. The summed E-state index contributed by atoms with van der Waals surface area (Å²) in [7, 11) is 0. The van der Waals surface area contributed by atoms with Crippen molar-refractivity contribution in [1.82, 2.24) is 0 Å². The Labute approximate surface area is 333 Å². The van der Waals surface area contributed by atoms with E-state index in [0.29, 0.717) is 50.3 Å². The summed E-state index contributed by atoms with van der Waals surface area (Å²) in [5.41, 5.74) is 10.6. The number of aryl methyl sites for hydroxylation is 2. The molecule has 3 N–H and O–H groups in total. The van der Waals surface area contributed by atoms with Crippen LogP contribution in [0.25, 0.3) is 22.3 Å². The molecule has 6 aromatic rings. The summed E-state index contributed by atoms with van der Waals surface area (Å²) in [4.78, 5) is 11.8. The number of carbonyl (C=O) groups is 1. The Morgan fingerprint density at radius 2 is 0.857 bits per heavy atom. The molecule has 8 bridgehead atoms. The number of carboxylic acid groups (broad SMARTS) is 1. The molecule has 6 aromatic carbocycles. The van der Waals surface area contributed by atoms with Crippen LogP contribution in [-0.2, 0) is 30.5 Å². The zero-order valence-electron chi connectivity index (χ0n) is 32.0. The van der Waals surface area contributed by atoms with E-state index < -0.39 is 12.6 Å². The first kappa shape index (κ1) is 44.4. The third kappa shape index (κ3) is 9.99. The smallest absolute Gasteiger partial charge is 0.341 e. The van der Waals surface area contributed by atoms with E-state index in [1.165, 1.54) is 0 Å². The molecule has 56 heavy (non-hydrogen) atoms. The largest absolute Gasteiger partial charge is 0.872 e. The van der Waals surface area contributed by atoms with Crippen molar-refractivity contribution in [3.05, 3.63) is 165 Å². The third-order valence-electron chi connectivity index (χ3n) is 9.39. The first-order valence-electron chi connectivity index (χ1n) is 18.7. The Balaban J connectivity index is 0.00000136. The van der Waals surface area contributed by atoms with Crippen LogP contribution >= 0.6 is 0 Å². The number of phenols is 2. The molecule has 1 aliphatic rings. The lowest BCUT2D eigenvalue weighted by Gasteiger charge is -2.24. The minimum Gasteiger partial charge on any atom is -0.872 e. The van der Waals surface area contributed by atoms with E-state index in [1.807, 2.05) is 151 Å². The number of benzene rings is 6. The Morgan fingerprint density at radius 3 is 1.20 bits per heavy atom. The number of rotatable bonds is 5. The standard InChI is InChI=1S/C44H38O6.2C2H6.2CH4/c1-26-13-32-21-36-17-30(28-9-5-3-6-10-28)18-37(43(36)49)22-33-14-27(2)16-35(42(33)48)24-39-20-31(29-11-7-4-8-12-29)19-38(23-34(15-26)41(32)47)44(39)50-25-40(45)46;2*1-2;;/h3-20,47-49H,21-25H2,1-2H3,(H,45,46);2*1-2H3;2*1H4/p-1. The molecule has 7 rings (SSSR count). The summed E-state index contributed by atoms with van der Waals surface area (Å²) in [5.74, 6) is -0.652. The minimum absolute atomic E-state index is 0. The van der Waals surface area contributed by atoms with Gasteiger partial charge < -0.3 is 25.2 Å². The molecule has 0 fully saturated rings. The maximum atomic E-state index is 14.2. The average Bonchev–Trinajstić information content (AvgIpc) is 3.18. The molecule has 0 heterocycles. The van der Waals surface area contributed by atoms with Crippen LogP contribution in [0, 0.1) is 13.8 Å². The Bertz CT molecular complexity index is 2130. The van der Waals surface area contributed by atoms with Crippen LogP contribution in [0.4, 0.5) is 0 Å². The van der Waals surface area contributed by atoms with Crippen LogP contribution in [0.5, 0.6) is 23.0 Å². The van der Waals surface area contributed by atoms with Gasteiger partial charge in [-0.2, -0.15) is 0 Å². The quantitative estimate of drug-likeness (QED) is 0.161. The van der Waals surface area contributed by atoms with Crippen molar-refractivity contribution in [1.29, 1.82) is 0 Å². The lowest BCUT2D eigenvalue weighted by atomic mass is 9.87. The summed E-state index contributed by atoms with van der Waals surface area (Å²) < 4.78 is 6.05. The molecule has 6 heteroatoms. The van der Waals surface area contributed by atoms with E-state index in [9.17, 15) is 25.2 Å². The van der Waals surface area contributed by atoms with Crippen LogP contribution in [0.3, 0.4) is 0 Å². The molecule has 0 saturated heterocycles. The lowest BCUT2D eigenvalue weighted by molar-refractivity contribution is -0.270. The van der Waals surface area contributed by atoms with Gasteiger partial charge in [0.05, 0.1) is 0 Å². The van der Waals surface area contributed by atoms with Gasteiger partial charge in [0, 0.05) is 25.7 Å². The van der Waals surface area contributed by atoms with Gasteiger partial charge in [-0.1, -0.05) is 162 Å². The van der Waals surface area contributed by atoms with Gasteiger partial charge in [0.2, 0.25) is 0 Å². The normalized spacial score (nSPS) is 11.2. The van der Waals surface area contributed by atoms with Gasteiger partial charge >= 0.3 is 5.97 Å². The molecule has 0 radical (unpaired) electrons. The highest BCUT2D eigenvalue weighted by Crippen LogP contribution is 2.41. The fourth-order valence-corrected chi connectivity index (χ4v) is 7.18. The summed E-state index contributed by atoms with van der Waals surface area (Å²) in [6.07, 6.45) is 0.896. The Morgan fingerprint density at radius 1 is 0.536 bits per heavy atom. The van der Waals surface area contributed by atoms with E-state index in [4.69, 9.17) is 4.74 Å². The van der Waals surface area contributed by atoms with Crippen molar-refractivity contribution < 1.29 is 30.0 Å².